The van der Waals surface area contributed by atoms with E-state index in [4.69, 9.17) is 4.74 Å². The van der Waals surface area contributed by atoms with Crippen molar-refractivity contribution in [3.8, 4) is 5.88 Å². The first kappa shape index (κ1) is 14.1. The minimum Gasteiger partial charge on any atom is -0.480 e. The molecule has 1 saturated heterocycles. The molecule has 7 heteroatoms. The third kappa shape index (κ3) is 2.52. The zero-order chi connectivity index (χ0) is 14.7. The summed E-state index contributed by atoms with van der Waals surface area (Å²) in [7, 11) is 2.67. The highest BCUT2D eigenvalue weighted by Crippen LogP contribution is 2.27. The lowest BCUT2D eigenvalue weighted by atomic mass is 10.2. The molecule has 20 heavy (non-hydrogen) atoms. The summed E-state index contributed by atoms with van der Waals surface area (Å²) in [5.41, 5.74) is 0.213. The van der Waals surface area contributed by atoms with Crippen LogP contribution >= 0.6 is 0 Å². The summed E-state index contributed by atoms with van der Waals surface area (Å²) in [4.78, 5) is 28.6. The molecule has 1 aliphatic heterocycles. The van der Waals surface area contributed by atoms with Crippen LogP contribution in [0.1, 0.15) is 23.2 Å². The minimum absolute atomic E-state index is 0.130. The van der Waals surface area contributed by atoms with E-state index in [2.05, 4.69) is 9.72 Å². The van der Waals surface area contributed by atoms with Crippen molar-refractivity contribution in [2.45, 2.75) is 18.9 Å². The maximum atomic E-state index is 11.5. The van der Waals surface area contributed by atoms with Crippen molar-refractivity contribution >= 4 is 17.8 Å². The fourth-order valence-electron chi connectivity index (χ4n) is 2.31. The van der Waals surface area contributed by atoms with Crippen molar-refractivity contribution in [1.82, 2.24) is 4.98 Å². The second kappa shape index (κ2) is 5.77. The van der Waals surface area contributed by atoms with Crippen molar-refractivity contribution in [2.75, 3.05) is 25.7 Å². The predicted molar refractivity (Wildman–Crippen MR) is 70.1 cm³/mol. The number of carboxylic acid groups (broad SMARTS) is 1. The van der Waals surface area contributed by atoms with Gasteiger partial charge in [-0.15, -0.1) is 0 Å². The number of rotatable bonds is 4. The quantitative estimate of drug-likeness (QED) is 0.820. The van der Waals surface area contributed by atoms with E-state index < -0.39 is 18.0 Å². The molecule has 2 heterocycles. The molecule has 0 spiro atoms. The first-order valence-corrected chi connectivity index (χ1v) is 6.21. The van der Waals surface area contributed by atoms with Crippen LogP contribution < -0.4 is 9.64 Å². The Kier molecular flexibility index (Phi) is 4.07. The Morgan fingerprint density at radius 1 is 1.40 bits per heavy atom. The highest BCUT2D eigenvalue weighted by atomic mass is 16.5. The summed E-state index contributed by atoms with van der Waals surface area (Å²) < 4.78 is 9.72. The standard InChI is InChI=1S/C13H16N2O5/c1-19-11-8(13(18)20-2)5-6-10(14-11)15-7-3-4-9(15)12(16)17/h5-6,9H,3-4,7H2,1-2H3,(H,16,17)/t9-/m1/s1. The summed E-state index contributed by atoms with van der Waals surface area (Å²) >= 11 is 0. The lowest BCUT2D eigenvalue weighted by molar-refractivity contribution is -0.138. The van der Waals surface area contributed by atoms with Gasteiger partial charge >= 0.3 is 11.9 Å². The number of aromatic nitrogens is 1. The Balaban J connectivity index is 2.34. The summed E-state index contributed by atoms with van der Waals surface area (Å²) in [5.74, 6) is -0.804. The van der Waals surface area contributed by atoms with Gasteiger partial charge in [0.2, 0.25) is 5.88 Å². The van der Waals surface area contributed by atoms with E-state index in [-0.39, 0.29) is 11.4 Å². The molecule has 1 aromatic heterocycles. The van der Waals surface area contributed by atoms with E-state index in [1.54, 1.807) is 11.0 Å². The summed E-state index contributed by atoms with van der Waals surface area (Å²) in [6.07, 6.45) is 1.37. The number of carbonyl (C=O) groups is 2. The van der Waals surface area contributed by atoms with Crippen molar-refractivity contribution < 1.29 is 24.2 Å². The summed E-state index contributed by atoms with van der Waals surface area (Å²) in [6, 6.07) is 2.55. The van der Waals surface area contributed by atoms with Crippen LogP contribution in [0.5, 0.6) is 5.88 Å². The average Bonchev–Trinajstić information content (AvgIpc) is 2.95. The van der Waals surface area contributed by atoms with E-state index in [0.717, 1.165) is 6.42 Å². The number of methoxy groups -OCH3 is 2. The van der Waals surface area contributed by atoms with E-state index >= 15 is 0 Å². The van der Waals surface area contributed by atoms with Gasteiger partial charge in [0.15, 0.2) is 0 Å². The molecule has 108 valence electrons. The number of hydrogen-bond acceptors (Lipinski definition) is 6. The molecule has 1 fully saturated rings. The molecule has 0 bridgehead atoms. The molecule has 0 radical (unpaired) electrons. The van der Waals surface area contributed by atoms with Gasteiger partial charge in [0.1, 0.15) is 17.4 Å². The van der Waals surface area contributed by atoms with Crippen LogP contribution in [0.3, 0.4) is 0 Å². The first-order chi connectivity index (χ1) is 9.58. The highest BCUT2D eigenvalue weighted by Gasteiger charge is 2.32. The Labute approximate surface area is 116 Å². The average molecular weight is 280 g/mol. The van der Waals surface area contributed by atoms with Crippen LogP contribution in [0.25, 0.3) is 0 Å². The van der Waals surface area contributed by atoms with Crippen LogP contribution in [0.4, 0.5) is 5.82 Å². The number of carboxylic acids is 1. The van der Waals surface area contributed by atoms with Gasteiger partial charge in [-0.1, -0.05) is 0 Å². The van der Waals surface area contributed by atoms with Gasteiger partial charge in [-0.2, -0.15) is 4.98 Å². The second-order valence-electron chi connectivity index (χ2n) is 4.41. The number of pyridine rings is 1. The molecule has 7 nitrogen and oxygen atoms in total. The van der Waals surface area contributed by atoms with Gasteiger partial charge in [-0.05, 0) is 25.0 Å². The monoisotopic (exact) mass is 280 g/mol. The number of ether oxygens (including phenoxy) is 2. The van der Waals surface area contributed by atoms with Crippen LogP contribution in [0.15, 0.2) is 12.1 Å². The largest absolute Gasteiger partial charge is 0.480 e. The number of anilines is 1. The molecule has 0 saturated carbocycles. The fourth-order valence-corrected chi connectivity index (χ4v) is 2.31. The minimum atomic E-state index is -0.875. The van der Waals surface area contributed by atoms with Gasteiger partial charge in [-0.25, -0.2) is 9.59 Å². The van der Waals surface area contributed by atoms with Gasteiger partial charge in [-0.3, -0.25) is 0 Å². The molecule has 1 atom stereocenters. The van der Waals surface area contributed by atoms with Crippen molar-refractivity contribution in [1.29, 1.82) is 0 Å². The molecule has 0 aliphatic carbocycles. The van der Waals surface area contributed by atoms with Crippen LogP contribution in [-0.2, 0) is 9.53 Å². The van der Waals surface area contributed by atoms with Crippen molar-refractivity contribution in [3.05, 3.63) is 17.7 Å². The van der Waals surface area contributed by atoms with E-state index in [0.29, 0.717) is 18.8 Å². The lowest BCUT2D eigenvalue weighted by Crippen LogP contribution is -2.36. The van der Waals surface area contributed by atoms with Gasteiger partial charge in [0.05, 0.1) is 14.2 Å². The molecular weight excluding hydrogens is 264 g/mol. The molecule has 0 amide bonds. The summed E-state index contributed by atoms with van der Waals surface area (Å²) in [5, 5.41) is 9.18. The molecule has 1 aromatic rings. The number of hydrogen-bond donors (Lipinski definition) is 1. The zero-order valence-electron chi connectivity index (χ0n) is 11.3. The molecule has 0 aromatic carbocycles. The maximum absolute atomic E-state index is 11.5. The van der Waals surface area contributed by atoms with E-state index in [1.165, 1.54) is 20.3 Å². The Bertz CT molecular complexity index is 531. The molecule has 0 unspecified atom stereocenters. The third-order valence-electron chi connectivity index (χ3n) is 3.28. The molecule has 1 aliphatic rings. The van der Waals surface area contributed by atoms with Crippen LogP contribution in [0, 0.1) is 0 Å². The predicted octanol–water partition coefficient (Wildman–Crippen LogP) is 0.930. The molecule has 2 rings (SSSR count). The van der Waals surface area contributed by atoms with Gasteiger partial charge in [0, 0.05) is 6.54 Å². The lowest BCUT2D eigenvalue weighted by Gasteiger charge is -2.23. The van der Waals surface area contributed by atoms with E-state index in [9.17, 15) is 14.7 Å². The van der Waals surface area contributed by atoms with Crippen LogP contribution in [-0.4, -0.2) is 48.8 Å². The fraction of sp³-hybridized carbons (Fsp3) is 0.462. The van der Waals surface area contributed by atoms with Gasteiger partial charge in [0.25, 0.3) is 0 Å². The number of carbonyl (C=O) groups excluding carboxylic acids is 1. The molecular formula is C13H16N2O5. The maximum Gasteiger partial charge on any atom is 0.343 e. The first-order valence-electron chi connectivity index (χ1n) is 6.21. The normalized spacial score (nSPS) is 17.9. The van der Waals surface area contributed by atoms with Gasteiger partial charge < -0.3 is 19.5 Å². The van der Waals surface area contributed by atoms with Crippen molar-refractivity contribution in [3.63, 3.8) is 0 Å². The van der Waals surface area contributed by atoms with Crippen molar-refractivity contribution in [2.24, 2.45) is 0 Å². The SMILES string of the molecule is COC(=O)c1ccc(N2CCC[C@@H]2C(=O)O)nc1OC. The van der Waals surface area contributed by atoms with Crippen LogP contribution in [0.2, 0.25) is 0 Å². The summed E-state index contributed by atoms with van der Waals surface area (Å²) in [6.45, 7) is 0.616. The highest BCUT2D eigenvalue weighted by molar-refractivity contribution is 5.92. The third-order valence-corrected chi connectivity index (χ3v) is 3.28. The number of esters is 1. The number of aliphatic carboxylic acids is 1. The molecule has 1 N–H and O–H groups in total. The second-order valence-corrected chi connectivity index (χ2v) is 4.41. The smallest absolute Gasteiger partial charge is 0.343 e. The topological polar surface area (TPSA) is 89.0 Å². The zero-order valence-corrected chi connectivity index (χ0v) is 11.3. The Morgan fingerprint density at radius 3 is 2.75 bits per heavy atom. The Hall–Kier alpha value is -2.31. The number of nitrogens with zero attached hydrogens (tertiary/aromatic N) is 2. The van der Waals surface area contributed by atoms with E-state index in [1.807, 2.05) is 0 Å². The Morgan fingerprint density at radius 2 is 2.15 bits per heavy atom.